The van der Waals surface area contributed by atoms with Crippen molar-refractivity contribution in [3.63, 3.8) is 0 Å². The highest BCUT2D eigenvalue weighted by molar-refractivity contribution is 7.47. The molecule has 92 heavy (non-hydrogen) atoms. The number of unbranched alkanes of at least 4 members (excludes halogenated alkanes) is 43. The van der Waals surface area contributed by atoms with Gasteiger partial charge in [0, 0.05) is 25.7 Å². The van der Waals surface area contributed by atoms with Crippen molar-refractivity contribution in [3.8, 4) is 0 Å². The molecule has 0 rings (SSSR count). The molecule has 0 aliphatic heterocycles. The first kappa shape index (κ1) is 89.5. The highest BCUT2D eigenvalue weighted by Gasteiger charge is 2.30. The van der Waals surface area contributed by atoms with E-state index in [9.17, 15) is 43.2 Å². The van der Waals surface area contributed by atoms with Crippen LogP contribution in [0.3, 0.4) is 0 Å². The number of hydrogen-bond acceptors (Lipinski definition) is 15. The molecule has 0 radical (unpaired) electrons. The summed E-state index contributed by atoms with van der Waals surface area (Å²) in [5.41, 5.74) is 0. The summed E-state index contributed by atoms with van der Waals surface area (Å²) >= 11 is 0. The monoisotopic (exact) mass is 1350 g/mol. The fourth-order valence-corrected chi connectivity index (χ4v) is 12.3. The van der Waals surface area contributed by atoms with Gasteiger partial charge in [-0.1, -0.05) is 309 Å². The Bertz CT molecular complexity index is 1850. The topological polar surface area (TPSA) is 237 Å². The van der Waals surface area contributed by atoms with Crippen LogP contribution in [0.4, 0.5) is 0 Å². The molecule has 5 atom stereocenters. The van der Waals surface area contributed by atoms with Gasteiger partial charge in [-0.2, -0.15) is 0 Å². The van der Waals surface area contributed by atoms with Crippen LogP contribution < -0.4 is 0 Å². The van der Waals surface area contributed by atoms with Gasteiger partial charge in [0.25, 0.3) is 0 Å². The first-order chi connectivity index (χ1) is 44.7. The van der Waals surface area contributed by atoms with Gasteiger partial charge in [0.05, 0.1) is 26.4 Å². The molecule has 0 aliphatic carbocycles. The molecule has 0 bridgehead atoms. The Morgan fingerprint density at radius 3 is 0.793 bits per heavy atom. The van der Waals surface area contributed by atoms with Gasteiger partial charge in [0.1, 0.15) is 19.3 Å². The first-order valence-corrected chi connectivity index (χ1v) is 40.6. The lowest BCUT2D eigenvalue weighted by atomic mass is 10.0. The zero-order valence-electron chi connectivity index (χ0n) is 59.0. The standard InChI is InChI=1S/C73H138O17P2/c1-5-9-13-17-21-25-29-31-33-35-37-40-44-48-52-56-60-73(78)90-69(64-84-71(76)58-54-50-46-42-39-36-34-32-30-26-22-18-14-10-6-2)66-88-92(81,82)86-62-67(74)61-85-91(79,80)87-65-68(63-83-70(75)57-53-49-45-41-28-24-20-16-12-8-4)89-72(77)59-55-51-47-43-38-27-23-19-15-11-7-3/h26,30,32,34,67-69,74H,5-25,27-29,31,33,35-66H2,1-4H3,(H,79,80)(H,81,82)/b30-26-,34-32-/t67-,68+,69+/m0/s1. The normalized spacial score (nSPS) is 14.1. The van der Waals surface area contributed by atoms with Gasteiger partial charge in [0.2, 0.25) is 0 Å². The van der Waals surface area contributed by atoms with E-state index in [1.54, 1.807) is 0 Å². The molecule has 3 N–H and O–H groups in total. The molecule has 2 unspecified atom stereocenters. The average Bonchev–Trinajstić information content (AvgIpc) is 2.15. The van der Waals surface area contributed by atoms with Gasteiger partial charge in [-0.15, -0.1) is 0 Å². The highest BCUT2D eigenvalue weighted by atomic mass is 31.2. The average molecular weight is 1350 g/mol. The van der Waals surface area contributed by atoms with Crippen LogP contribution in [0.2, 0.25) is 0 Å². The van der Waals surface area contributed by atoms with E-state index in [0.29, 0.717) is 25.7 Å². The predicted octanol–water partition coefficient (Wildman–Crippen LogP) is 21.0. The van der Waals surface area contributed by atoms with Gasteiger partial charge >= 0.3 is 39.5 Å². The lowest BCUT2D eigenvalue weighted by Gasteiger charge is -2.21. The van der Waals surface area contributed by atoms with Gasteiger partial charge < -0.3 is 33.8 Å². The van der Waals surface area contributed by atoms with Crippen molar-refractivity contribution < 1.29 is 80.2 Å². The summed E-state index contributed by atoms with van der Waals surface area (Å²) in [4.78, 5) is 72.6. The molecule has 0 aromatic carbocycles. The number of phosphoric acid groups is 2. The summed E-state index contributed by atoms with van der Waals surface area (Å²) in [6, 6.07) is 0. The van der Waals surface area contributed by atoms with Crippen LogP contribution in [0.5, 0.6) is 0 Å². The maximum atomic E-state index is 13.0. The summed E-state index contributed by atoms with van der Waals surface area (Å²) in [7, 11) is -9.91. The van der Waals surface area contributed by atoms with Gasteiger partial charge in [-0.05, 0) is 51.4 Å². The van der Waals surface area contributed by atoms with E-state index in [4.69, 9.17) is 37.0 Å². The van der Waals surface area contributed by atoms with Crippen molar-refractivity contribution in [2.45, 2.75) is 380 Å². The second-order valence-electron chi connectivity index (χ2n) is 25.6. The van der Waals surface area contributed by atoms with E-state index in [1.165, 1.54) is 173 Å². The number of hydrogen-bond donors (Lipinski definition) is 3. The number of phosphoric ester groups is 2. The van der Waals surface area contributed by atoms with Crippen LogP contribution in [0.1, 0.15) is 362 Å². The molecule has 17 nitrogen and oxygen atoms in total. The molecule has 0 saturated carbocycles. The summed E-state index contributed by atoms with van der Waals surface area (Å²) in [6.07, 6.45) is 58.9. The lowest BCUT2D eigenvalue weighted by molar-refractivity contribution is -0.161. The summed E-state index contributed by atoms with van der Waals surface area (Å²) in [5, 5.41) is 10.6. The van der Waals surface area contributed by atoms with E-state index < -0.39 is 97.5 Å². The second kappa shape index (κ2) is 67.1. The van der Waals surface area contributed by atoms with Crippen molar-refractivity contribution in [1.82, 2.24) is 0 Å². The van der Waals surface area contributed by atoms with Gasteiger partial charge in [-0.25, -0.2) is 9.13 Å². The third-order valence-electron chi connectivity index (χ3n) is 16.5. The molecule has 0 aliphatic rings. The van der Waals surface area contributed by atoms with Crippen molar-refractivity contribution in [1.29, 1.82) is 0 Å². The predicted molar refractivity (Wildman–Crippen MR) is 372 cm³/mol. The molecular weight excluding hydrogens is 1210 g/mol. The Kier molecular flexibility index (Phi) is 65.3. The number of aliphatic hydroxyl groups excluding tert-OH is 1. The van der Waals surface area contributed by atoms with Crippen LogP contribution in [-0.2, 0) is 65.4 Å². The van der Waals surface area contributed by atoms with Crippen molar-refractivity contribution in [2.24, 2.45) is 0 Å². The first-order valence-electron chi connectivity index (χ1n) is 37.6. The van der Waals surface area contributed by atoms with Gasteiger partial charge in [-0.3, -0.25) is 37.3 Å². The molecule has 542 valence electrons. The quantitative estimate of drug-likeness (QED) is 0.0169. The lowest BCUT2D eigenvalue weighted by Crippen LogP contribution is -2.30. The Hall–Kier alpha value is -2.46. The van der Waals surface area contributed by atoms with Crippen molar-refractivity contribution in [3.05, 3.63) is 24.3 Å². The highest BCUT2D eigenvalue weighted by Crippen LogP contribution is 2.45. The molecule has 0 aromatic rings. The molecular formula is C73H138O17P2. The maximum absolute atomic E-state index is 13.0. The number of allylic oxidation sites excluding steroid dienone is 4. The Labute approximate surface area is 561 Å². The van der Waals surface area contributed by atoms with E-state index in [-0.39, 0.29) is 25.7 Å². The number of rotatable bonds is 72. The van der Waals surface area contributed by atoms with Gasteiger partial charge in [0.15, 0.2) is 12.2 Å². The SMILES string of the molecule is CCCCCC/C=C\C=C/CCCCCCCC(=O)OC[C@H](COP(=O)(O)OC[C@@H](O)COP(=O)(O)OC[C@@H](COC(=O)CCCCCCCCCCCC)OC(=O)CCCCCCCCCCCCC)OC(=O)CCCCCCCCCCCCCCCCCC. The zero-order chi connectivity index (χ0) is 67.5. The van der Waals surface area contributed by atoms with Crippen molar-refractivity contribution >= 4 is 39.5 Å². The molecule has 0 spiro atoms. The number of aliphatic hydroxyl groups is 1. The third-order valence-corrected chi connectivity index (χ3v) is 18.4. The Morgan fingerprint density at radius 1 is 0.304 bits per heavy atom. The fraction of sp³-hybridized carbons (Fsp3) is 0.890. The number of ether oxygens (including phenoxy) is 4. The second-order valence-corrected chi connectivity index (χ2v) is 28.6. The van der Waals surface area contributed by atoms with E-state index >= 15 is 0 Å². The van der Waals surface area contributed by atoms with Crippen LogP contribution in [0.25, 0.3) is 0 Å². The third kappa shape index (κ3) is 66.2. The van der Waals surface area contributed by atoms with E-state index in [1.807, 2.05) is 0 Å². The Balaban J connectivity index is 5.27. The molecule has 0 amide bonds. The van der Waals surface area contributed by atoms with Crippen LogP contribution in [0, 0.1) is 0 Å². The molecule has 0 aromatic heterocycles. The van der Waals surface area contributed by atoms with E-state index in [2.05, 4.69) is 52.0 Å². The van der Waals surface area contributed by atoms with Crippen molar-refractivity contribution in [2.75, 3.05) is 39.6 Å². The fourth-order valence-electron chi connectivity index (χ4n) is 10.7. The summed E-state index contributed by atoms with van der Waals surface area (Å²) < 4.78 is 68.3. The number of esters is 4. The molecule has 19 heteroatoms. The van der Waals surface area contributed by atoms with E-state index in [0.717, 1.165) is 109 Å². The summed E-state index contributed by atoms with van der Waals surface area (Å²) in [5.74, 6) is -2.15. The minimum atomic E-state index is -4.96. The Morgan fingerprint density at radius 2 is 0.522 bits per heavy atom. The van der Waals surface area contributed by atoms with Crippen LogP contribution in [-0.4, -0.2) is 96.7 Å². The molecule has 0 fully saturated rings. The smallest absolute Gasteiger partial charge is 0.462 e. The molecule has 0 saturated heterocycles. The number of carbonyl (C=O) groups is 4. The van der Waals surface area contributed by atoms with Crippen LogP contribution in [0.15, 0.2) is 24.3 Å². The summed E-state index contributed by atoms with van der Waals surface area (Å²) in [6.45, 7) is 4.89. The maximum Gasteiger partial charge on any atom is 0.472 e. The van der Waals surface area contributed by atoms with Crippen LogP contribution >= 0.6 is 15.6 Å². The largest absolute Gasteiger partial charge is 0.472 e. The minimum absolute atomic E-state index is 0.102. The molecule has 0 heterocycles. The minimum Gasteiger partial charge on any atom is -0.462 e. The number of carbonyl (C=O) groups excluding carboxylic acids is 4. The zero-order valence-corrected chi connectivity index (χ0v) is 60.8.